The second kappa shape index (κ2) is 8.83. The van der Waals surface area contributed by atoms with Crippen LogP contribution in [0.4, 0.5) is 0 Å². The van der Waals surface area contributed by atoms with Crippen molar-refractivity contribution in [1.82, 2.24) is 0 Å². The normalized spacial score (nSPS) is 9.83. The third kappa shape index (κ3) is 7.84. The molecule has 0 bridgehead atoms. The molecule has 0 N–H and O–H groups in total. The molecule has 0 saturated heterocycles. The van der Waals surface area contributed by atoms with Gasteiger partial charge in [0.15, 0.2) is 6.79 Å². The fourth-order valence-electron chi connectivity index (χ4n) is 0.472. The van der Waals surface area contributed by atoms with Gasteiger partial charge in [0.25, 0.3) is 0 Å². The van der Waals surface area contributed by atoms with Gasteiger partial charge in [0.2, 0.25) is 0 Å². The smallest absolute Gasteiger partial charge is 0.308 e. The van der Waals surface area contributed by atoms with Crippen LogP contribution in [0.3, 0.4) is 0 Å². The molecular weight excluding hydrogens is 180 g/mol. The Hall–Kier alpha value is -0.260. The molecule has 0 heterocycles. The van der Waals surface area contributed by atoms with Crippen molar-refractivity contribution in [1.29, 1.82) is 0 Å². The Morgan fingerprint density at radius 2 is 2.17 bits per heavy atom. The van der Waals surface area contributed by atoms with Crippen LogP contribution in [0, 0.1) is 0 Å². The molecule has 0 fully saturated rings. The van der Waals surface area contributed by atoms with Gasteiger partial charge in [-0.25, -0.2) is 0 Å². The molecule has 0 aromatic rings. The van der Waals surface area contributed by atoms with Gasteiger partial charge in [-0.2, -0.15) is 12.6 Å². The fourth-order valence-corrected chi connectivity index (χ4v) is 0.655. The van der Waals surface area contributed by atoms with Gasteiger partial charge < -0.3 is 14.2 Å². The maximum atomic E-state index is 10.7. The van der Waals surface area contributed by atoms with Crippen LogP contribution in [0.5, 0.6) is 0 Å². The molecule has 0 spiro atoms. The van der Waals surface area contributed by atoms with Crippen molar-refractivity contribution < 1.29 is 19.0 Å². The van der Waals surface area contributed by atoms with Gasteiger partial charge >= 0.3 is 5.97 Å². The van der Waals surface area contributed by atoms with Gasteiger partial charge in [-0.05, 0) is 0 Å². The van der Waals surface area contributed by atoms with E-state index in [1.165, 1.54) is 0 Å². The van der Waals surface area contributed by atoms with Crippen LogP contribution in [-0.2, 0) is 19.0 Å². The van der Waals surface area contributed by atoms with E-state index in [-0.39, 0.29) is 12.8 Å². The van der Waals surface area contributed by atoms with E-state index in [1.54, 1.807) is 7.11 Å². The first kappa shape index (κ1) is 11.7. The molecule has 0 aliphatic heterocycles. The minimum absolute atomic E-state index is 0.00400. The number of carbonyl (C=O) groups excluding carboxylic acids is 1. The Morgan fingerprint density at radius 1 is 1.42 bits per heavy atom. The number of ether oxygens (including phenoxy) is 3. The van der Waals surface area contributed by atoms with Crippen LogP contribution < -0.4 is 0 Å². The number of esters is 1. The van der Waals surface area contributed by atoms with Crippen molar-refractivity contribution in [2.75, 3.05) is 32.9 Å². The Bertz CT molecular complexity index is 118. The van der Waals surface area contributed by atoms with E-state index in [9.17, 15) is 4.79 Å². The summed E-state index contributed by atoms with van der Waals surface area (Å²) in [5.74, 6) is 0.208. The number of carbonyl (C=O) groups is 1. The lowest BCUT2D eigenvalue weighted by molar-refractivity contribution is -0.156. The number of rotatable bonds is 7. The van der Waals surface area contributed by atoms with Crippen molar-refractivity contribution in [3.05, 3.63) is 0 Å². The Labute approximate surface area is 77.6 Å². The predicted octanol–water partition coefficient (Wildman–Crippen LogP) is 0.470. The van der Waals surface area contributed by atoms with Crippen molar-refractivity contribution in [2.24, 2.45) is 0 Å². The SMILES string of the molecule is COCCOCOC(=O)CCS. The maximum Gasteiger partial charge on any atom is 0.308 e. The topological polar surface area (TPSA) is 44.8 Å². The average Bonchev–Trinajstić information content (AvgIpc) is 2.05. The zero-order valence-electron chi connectivity index (χ0n) is 7.12. The van der Waals surface area contributed by atoms with Crippen molar-refractivity contribution in [3.8, 4) is 0 Å². The highest BCUT2D eigenvalue weighted by atomic mass is 32.1. The zero-order chi connectivity index (χ0) is 9.23. The van der Waals surface area contributed by atoms with E-state index in [0.717, 1.165) is 0 Å². The second-order valence-corrected chi connectivity index (χ2v) is 2.46. The van der Waals surface area contributed by atoms with Crippen molar-refractivity contribution in [2.45, 2.75) is 6.42 Å². The molecule has 0 unspecified atom stereocenters. The van der Waals surface area contributed by atoms with Crippen LogP contribution in [0.2, 0.25) is 0 Å². The lowest BCUT2D eigenvalue weighted by Gasteiger charge is -2.04. The summed E-state index contributed by atoms with van der Waals surface area (Å²) in [6, 6.07) is 0. The van der Waals surface area contributed by atoms with E-state index in [2.05, 4.69) is 17.4 Å². The van der Waals surface area contributed by atoms with Gasteiger partial charge in [0.05, 0.1) is 19.6 Å². The highest BCUT2D eigenvalue weighted by Crippen LogP contribution is 1.89. The fraction of sp³-hybridized carbons (Fsp3) is 0.857. The Balaban J connectivity index is 3.03. The summed E-state index contributed by atoms with van der Waals surface area (Å²) >= 11 is 3.88. The zero-order valence-corrected chi connectivity index (χ0v) is 8.01. The first-order valence-corrected chi connectivity index (χ1v) is 4.27. The summed E-state index contributed by atoms with van der Waals surface area (Å²) in [5, 5.41) is 0. The van der Waals surface area contributed by atoms with E-state index < -0.39 is 0 Å². The monoisotopic (exact) mass is 194 g/mol. The summed E-state index contributed by atoms with van der Waals surface area (Å²) < 4.78 is 14.3. The summed E-state index contributed by atoms with van der Waals surface area (Å²) in [4.78, 5) is 10.7. The van der Waals surface area contributed by atoms with Crippen molar-refractivity contribution >= 4 is 18.6 Å². The molecule has 0 saturated carbocycles. The Morgan fingerprint density at radius 3 is 2.75 bits per heavy atom. The van der Waals surface area contributed by atoms with Crippen LogP contribution >= 0.6 is 12.6 Å². The molecule has 0 rings (SSSR count). The summed E-state index contributed by atoms with van der Waals surface area (Å²) in [7, 11) is 1.58. The molecule has 0 radical (unpaired) electrons. The van der Waals surface area contributed by atoms with Crippen LogP contribution in [0.25, 0.3) is 0 Å². The molecule has 5 heteroatoms. The molecule has 0 atom stereocenters. The van der Waals surface area contributed by atoms with Gasteiger partial charge in [-0.3, -0.25) is 4.79 Å². The van der Waals surface area contributed by atoms with Crippen molar-refractivity contribution in [3.63, 3.8) is 0 Å². The number of thiol groups is 1. The maximum absolute atomic E-state index is 10.7. The predicted molar refractivity (Wildman–Crippen MR) is 47.3 cm³/mol. The molecular formula is C7H14O4S. The highest BCUT2D eigenvalue weighted by molar-refractivity contribution is 7.80. The van der Waals surface area contributed by atoms with Gasteiger partial charge in [0, 0.05) is 12.9 Å². The molecule has 0 amide bonds. The Kier molecular flexibility index (Phi) is 8.64. The summed E-state index contributed by atoms with van der Waals surface area (Å²) in [6.07, 6.45) is 0.316. The largest absolute Gasteiger partial charge is 0.438 e. The minimum Gasteiger partial charge on any atom is -0.438 e. The molecule has 0 aromatic heterocycles. The lowest BCUT2D eigenvalue weighted by atomic mass is 10.5. The van der Waals surface area contributed by atoms with Gasteiger partial charge in [-0.1, -0.05) is 0 Å². The number of methoxy groups -OCH3 is 1. The molecule has 12 heavy (non-hydrogen) atoms. The van der Waals surface area contributed by atoms with E-state index in [0.29, 0.717) is 25.4 Å². The summed E-state index contributed by atoms with van der Waals surface area (Å²) in [6.45, 7) is 0.935. The second-order valence-electron chi connectivity index (χ2n) is 2.01. The minimum atomic E-state index is -0.289. The van der Waals surface area contributed by atoms with Crippen LogP contribution in [0.15, 0.2) is 0 Å². The summed E-state index contributed by atoms with van der Waals surface area (Å²) in [5.41, 5.74) is 0. The first-order chi connectivity index (χ1) is 5.81. The highest BCUT2D eigenvalue weighted by Gasteiger charge is 1.99. The van der Waals surface area contributed by atoms with E-state index in [4.69, 9.17) is 9.47 Å². The molecule has 0 aliphatic rings. The lowest BCUT2D eigenvalue weighted by Crippen LogP contribution is -2.11. The number of hydrogen-bond acceptors (Lipinski definition) is 5. The average molecular weight is 194 g/mol. The number of hydrogen-bond donors (Lipinski definition) is 1. The van der Waals surface area contributed by atoms with E-state index >= 15 is 0 Å². The molecule has 0 aliphatic carbocycles. The molecule has 0 aromatic carbocycles. The van der Waals surface area contributed by atoms with Crippen LogP contribution in [0.1, 0.15) is 6.42 Å². The van der Waals surface area contributed by atoms with E-state index in [1.807, 2.05) is 0 Å². The molecule has 72 valence electrons. The van der Waals surface area contributed by atoms with Gasteiger partial charge in [-0.15, -0.1) is 0 Å². The van der Waals surface area contributed by atoms with Crippen LogP contribution in [-0.4, -0.2) is 38.8 Å². The molecule has 4 nitrogen and oxygen atoms in total. The first-order valence-electron chi connectivity index (χ1n) is 3.64. The quantitative estimate of drug-likeness (QED) is 0.277. The van der Waals surface area contributed by atoms with Gasteiger partial charge in [0.1, 0.15) is 0 Å². The standard InChI is InChI=1S/C7H14O4S/c1-9-3-4-10-6-11-7(8)2-5-12/h12H,2-6H2,1H3. The third-order valence-electron chi connectivity index (χ3n) is 1.05. The third-order valence-corrected chi connectivity index (χ3v) is 1.27.